The monoisotopic (exact) mass is 324 g/mol. The minimum atomic E-state index is -0.846. The fourth-order valence-electron chi connectivity index (χ4n) is 1.97. The van der Waals surface area contributed by atoms with Gasteiger partial charge >= 0.3 is 11.0 Å². The molecule has 0 radical (unpaired) electrons. The van der Waals surface area contributed by atoms with Crippen LogP contribution in [-0.4, -0.2) is 26.8 Å². The summed E-state index contributed by atoms with van der Waals surface area (Å²) in [6.45, 7) is 3.77. The van der Waals surface area contributed by atoms with E-state index in [4.69, 9.17) is 5.11 Å². The lowest BCUT2D eigenvalue weighted by atomic mass is 10.0. The number of thiophene rings is 1. The van der Waals surface area contributed by atoms with Crippen molar-refractivity contribution in [1.29, 1.82) is 0 Å². The van der Waals surface area contributed by atoms with Crippen LogP contribution >= 0.6 is 23.1 Å². The van der Waals surface area contributed by atoms with Gasteiger partial charge in [-0.05, 0) is 19.9 Å². The molecule has 2 unspecified atom stereocenters. The van der Waals surface area contributed by atoms with Gasteiger partial charge in [0.05, 0.1) is 14.5 Å². The summed E-state index contributed by atoms with van der Waals surface area (Å²) in [5.74, 6) is -0.846. The summed E-state index contributed by atoms with van der Waals surface area (Å²) in [6, 6.07) is 2.64. The third-order valence-corrected chi connectivity index (χ3v) is 5.68. The van der Waals surface area contributed by atoms with Crippen LogP contribution in [0.1, 0.15) is 24.1 Å². The second kappa shape index (κ2) is 5.66. The number of quaternary nitrogens is 1. The van der Waals surface area contributed by atoms with Gasteiger partial charge in [-0.1, -0.05) is 23.1 Å². The fourth-order valence-corrected chi connectivity index (χ4v) is 4.45. The second-order valence-corrected chi connectivity index (χ2v) is 7.47. The number of aliphatic carboxylic acids is 1. The zero-order valence-corrected chi connectivity index (χ0v) is 12.6. The lowest BCUT2D eigenvalue weighted by Gasteiger charge is -2.16. The van der Waals surface area contributed by atoms with Gasteiger partial charge in [0.1, 0.15) is 0 Å². The normalized spacial score (nSPS) is 24.7. The van der Waals surface area contributed by atoms with E-state index < -0.39 is 21.7 Å². The summed E-state index contributed by atoms with van der Waals surface area (Å²) < 4.78 is -0.394. The molecule has 3 N–H and O–H groups in total. The van der Waals surface area contributed by atoms with E-state index in [0.29, 0.717) is 0 Å². The fraction of sp³-hybridized carbons (Fsp3) is 0.500. The van der Waals surface area contributed by atoms with Crippen LogP contribution in [0.5, 0.6) is 0 Å². The van der Waals surface area contributed by atoms with E-state index in [1.54, 1.807) is 11.4 Å². The molecule has 0 saturated carbocycles. The Morgan fingerprint density at radius 2 is 2.16 bits per heavy atom. The number of hydrogen-bond donors (Lipinski definition) is 2. The second-order valence-electron chi connectivity index (χ2n) is 4.58. The predicted octanol–water partition coefficient (Wildman–Crippen LogP) is -1.80. The summed E-state index contributed by atoms with van der Waals surface area (Å²) in [5, 5.41) is 21.6. The molecule has 0 aliphatic carbocycles. The Morgan fingerprint density at radius 1 is 1.53 bits per heavy atom. The molecular weight excluding hydrogens is 312 g/mol. The SMILES string of the molecule is CC1(C)SC(c2ccc([N+](=O)[O-])s2)[NH2+]C1C(=O)O.[Cl-]. The van der Waals surface area contributed by atoms with Gasteiger partial charge in [-0.2, -0.15) is 0 Å². The molecule has 0 aromatic carbocycles. The zero-order valence-electron chi connectivity index (χ0n) is 10.2. The molecule has 0 spiro atoms. The van der Waals surface area contributed by atoms with E-state index in [1.807, 2.05) is 13.8 Å². The summed E-state index contributed by atoms with van der Waals surface area (Å²) in [6.07, 6.45) is 0. The van der Waals surface area contributed by atoms with Crippen molar-refractivity contribution < 1.29 is 32.5 Å². The van der Waals surface area contributed by atoms with Crippen LogP contribution in [0.2, 0.25) is 0 Å². The molecule has 1 aromatic heterocycles. The minimum Gasteiger partial charge on any atom is -1.00 e. The minimum absolute atomic E-state index is 0. The third kappa shape index (κ3) is 3.19. The smallest absolute Gasteiger partial charge is 0.363 e. The molecule has 9 heteroatoms. The van der Waals surface area contributed by atoms with Gasteiger partial charge in [-0.15, -0.1) is 0 Å². The summed E-state index contributed by atoms with van der Waals surface area (Å²) in [7, 11) is 0. The molecule has 2 rings (SSSR count). The number of nitro groups is 1. The number of rotatable bonds is 3. The molecule has 106 valence electrons. The summed E-state index contributed by atoms with van der Waals surface area (Å²) in [5.41, 5.74) is 0. The molecular formula is C10H13ClN2O4S2. The van der Waals surface area contributed by atoms with Crippen molar-refractivity contribution in [2.24, 2.45) is 0 Å². The van der Waals surface area contributed by atoms with Crippen LogP contribution in [0.15, 0.2) is 12.1 Å². The highest BCUT2D eigenvalue weighted by Gasteiger charge is 2.50. The highest BCUT2D eigenvalue weighted by atomic mass is 35.5. The van der Waals surface area contributed by atoms with Gasteiger partial charge in [0.15, 0.2) is 11.4 Å². The van der Waals surface area contributed by atoms with Crippen molar-refractivity contribution >= 4 is 34.1 Å². The van der Waals surface area contributed by atoms with Crippen molar-refractivity contribution in [3.63, 3.8) is 0 Å². The first kappa shape index (κ1) is 16.2. The highest BCUT2D eigenvalue weighted by molar-refractivity contribution is 8.01. The van der Waals surface area contributed by atoms with E-state index in [0.717, 1.165) is 16.2 Å². The number of hydrogen-bond acceptors (Lipinski definition) is 5. The van der Waals surface area contributed by atoms with Gasteiger partial charge in [0.25, 0.3) is 0 Å². The molecule has 1 aliphatic rings. The predicted molar refractivity (Wildman–Crippen MR) is 68.7 cm³/mol. The Hall–Kier alpha value is -0.830. The molecule has 19 heavy (non-hydrogen) atoms. The van der Waals surface area contributed by atoms with Crippen molar-refractivity contribution in [1.82, 2.24) is 0 Å². The Labute approximate surface area is 124 Å². The molecule has 6 nitrogen and oxygen atoms in total. The molecule has 1 aliphatic heterocycles. The van der Waals surface area contributed by atoms with Crippen molar-refractivity contribution in [3.05, 3.63) is 27.1 Å². The van der Waals surface area contributed by atoms with Crippen molar-refractivity contribution in [2.75, 3.05) is 0 Å². The Morgan fingerprint density at radius 3 is 2.58 bits per heavy atom. The van der Waals surface area contributed by atoms with Crippen LogP contribution in [0.25, 0.3) is 0 Å². The topological polar surface area (TPSA) is 97.0 Å². The number of halogens is 1. The third-order valence-electron chi connectivity index (χ3n) is 2.89. The van der Waals surface area contributed by atoms with E-state index in [2.05, 4.69) is 0 Å². The number of nitrogens with zero attached hydrogens (tertiary/aromatic N) is 1. The first-order valence-corrected chi connectivity index (χ1v) is 7.00. The number of carbonyl (C=O) groups is 1. The van der Waals surface area contributed by atoms with Crippen LogP contribution in [0, 0.1) is 10.1 Å². The average molecular weight is 325 g/mol. The first-order valence-electron chi connectivity index (χ1n) is 5.31. The van der Waals surface area contributed by atoms with Gasteiger partial charge in [-0.3, -0.25) is 10.1 Å². The van der Waals surface area contributed by atoms with E-state index in [-0.39, 0.29) is 22.8 Å². The largest absolute Gasteiger partial charge is 1.00 e. The van der Waals surface area contributed by atoms with E-state index in [9.17, 15) is 14.9 Å². The van der Waals surface area contributed by atoms with Crippen LogP contribution < -0.4 is 17.7 Å². The molecule has 2 heterocycles. The van der Waals surface area contributed by atoms with Crippen LogP contribution in [-0.2, 0) is 4.79 Å². The number of carboxylic acids is 1. The van der Waals surface area contributed by atoms with Gasteiger partial charge < -0.3 is 22.8 Å². The van der Waals surface area contributed by atoms with Crippen molar-refractivity contribution in [3.8, 4) is 0 Å². The van der Waals surface area contributed by atoms with Crippen molar-refractivity contribution in [2.45, 2.75) is 30.0 Å². The maximum absolute atomic E-state index is 11.2. The number of carboxylic acid groups (broad SMARTS) is 1. The van der Waals surface area contributed by atoms with E-state index >= 15 is 0 Å². The Bertz CT molecular complexity index is 505. The highest BCUT2D eigenvalue weighted by Crippen LogP contribution is 2.43. The first-order chi connectivity index (χ1) is 8.31. The average Bonchev–Trinajstić information content (AvgIpc) is 2.81. The molecule has 1 fully saturated rings. The van der Waals surface area contributed by atoms with Gasteiger partial charge in [-0.25, -0.2) is 4.79 Å². The Balaban J connectivity index is 0.00000180. The van der Waals surface area contributed by atoms with Crippen LogP contribution in [0.3, 0.4) is 0 Å². The Kier molecular flexibility index (Phi) is 4.83. The lowest BCUT2D eigenvalue weighted by Crippen LogP contribution is -3.00. The number of nitrogens with two attached hydrogens (primary N) is 1. The standard InChI is InChI=1S/C10H12N2O4S2.ClH/c1-10(2)7(9(13)14)11-8(18-10)5-3-4-6(17-5)12(15)16;/h3-4,7-8,11H,1-2H3,(H,13,14);1H. The quantitative estimate of drug-likeness (QED) is 0.505. The van der Waals surface area contributed by atoms with E-state index in [1.165, 1.54) is 17.8 Å². The lowest BCUT2D eigenvalue weighted by molar-refractivity contribution is -0.690. The maximum Gasteiger partial charge on any atom is 0.363 e. The van der Waals surface area contributed by atoms with Crippen LogP contribution in [0.4, 0.5) is 5.00 Å². The maximum atomic E-state index is 11.2. The van der Waals surface area contributed by atoms with Gasteiger partial charge in [0.2, 0.25) is 0 Å². The number of thioether (sulfide) groups is 1. The molecule has 1 aromatic rings. The summed E-state index contributed by atoms with van der Waals surface area (Å²) >= 11 is 2.64. The molecule has 1 saturated heterocycles. The molecule has 0 amide bonds. The van der Waals surface area contributed by atoms with Gasteiger partial charge in [0, 0.05) is 6.07 Å². The summed E-state index contributed by atoms with van der Waals surface area (Å²) in [4.78, 5) is 22.2. The zero-order chi connectivity index (χ0) is 13.5. The molecule has 0 bridgehead atoms. The molecule has 2 atom stereocenters.